The van der Waals surface area contributed by atoms with Gasteiger partial charge in [-0.05, 0) is 49.9 Å². The van der Waals surface area contributed by atoms with Gasteiger partial charge in [0, 0.05) is 11.1 Å². The van der Waals surface area contributed by atoms with Crippen molar-refractivity contribution in [2.45, 2.75) is 33.2 Å². The summed E-state index contributed by atoms with van der Waals surface area (Å²) in [5.41, 5.74) is 12.4. The van der Waals surface area contributed by atoms with Crippen LogP contribution in [0, 0.1) is 20.8 Å². The Morgan fingerprint density at radius 3 is 2.32 bits per heavy atom. The number of benzene rings is 2. The highest BCUT2D eigenvalue weighted by atomic mass is 35.5. The summed E-state index contributed by atoms with van der Waals surface area (Å²) in [7, 11) is 0. The van der Waals surface area contributed by atoms with Crippen LogP contribution in [0.2, 0.25) is 5.02 Å². The fraction of sp³-hybridized carbons (Fsp3) is 0.294. The standard InChI is InChI=1S/C17H20ClN/c1-11-7-12(2)9-14(8-11)10-17(19)15-5-4-6-16(18)13(15)3/h4-9,17H,10,19H2,1-3H3. The molecule has 19 heavy (non-hydrogen) atoms. The van der Waals surface area contributed by atoms with Crippen LogP contribution in [-0.4, -0.2) is 0 Å². The van der Waals surface area contributed by atoms with Gasteiger partial charge in [-0.1, -0.05) is 53.1 Å². The minimum Gasteiger partial charge on any atom is -0.324 e. The van der Waals surface area contributed by atoms with Crippen LogP contribution in [0.25, 0.3) is 0 Å². The van der Waals surface area contributed by atoms with E-state index in [0.29, 0.717) is 0 Å². The second-order valence-electron chi connectivity index (χ2n) is 5.26. The molecule has 0 saturated heterocycles. The molecule has 2 heteroatoms. The molecule has 100 valence electrons. The van der Waals surface area contributed by atoms with Gasteiger partial charge in [-0.2, -0.15) is 0 Å². The van der Waals surface area contributed by atoms with Gasteiger partial charge in [-0.25, -0.2) is 0 Å². The van der Waals surface area contributed by atoms with E-state index in [1.54, 1.807) is 0 Å². The molecule has 1 unspecified atom stereocenters. The third-order valence-electron chi connectivity index (χ3n) is 3.45. The predicted octanol–water partition coefficient (Wildman–Crippen LogP) is 4.51. The smallest absolute Gasteiger partial charge is 0.0438 e. The number of aryl methyl sites for hydroxylation is 2. The summed E-state index contributed by atoms with van der Waals surface area (Å²) in [4.78, 5) is 0. The Morgan fingerprint density at radius 2 is 1.68 bits per heavy atom. The average Bonchev–Trinajstić information content (AvgIpc) is 2.31. The summed E-state index contributed by atoms with van der Waals surface area (Å²) in [5.74, 6) is 0. The van der Waals surface area contributed by atoms with Crippen molar-refractivity contribution in [2.75, 3.05) is 0 Å². The molecular weight excluding hydrogens is 254 g/mol. The van der Waals surface area contributed by atoms with Gasteiger partial charge in [0.2, 0.25) is 0 Å². The van der Waals surface area contributed by atoms with Crippen molar-refractivity contribution in [3.8, 4) is 0 Å². The first-order valence-corrected chi connectivity index (χ1v) is 6.93. The van der Waals surface area contributed by atoms with Crippen molar-refractivity contribution in [3.63, 3.8) is 0 Å². The van der Waals surface area contributed by atoms with Crippen molar-refractivity contribution in [3.05, 3.63) is 69.2 Å². The lowest BCUT2D eigenvalue weighted by molar-refractivity contribution is 0.716. The van der Waals surface area contributed by atoms with Crippen molar-refractivity contribution in [2.24, 2.45) is 5.73 Å². The molecule has 0 radical (unpaired) electrons. The third kappa shape index (κ3) is 3.37. The van der Waals surface area contributed by atoms with Gasteiger partial charge in [0.25, 0.3) is 0 Å². The SMILES string of the molecule is Cc1cc(C)cc(CC(N)c2cccc(Cl)c2C)c1. The molecule has 2 aromatic rings. The normalized spacial score (nSPS) is 12.5. The molecule has 1 atom stereocenters. The van der Waals surface area contributed by atoms with Crippen molar-refractivity contribution in [1.29, 1.82) is 0 Å². The summed E-state index contributed by atoms with van der Waals surface area (Å²) in [6.45, 7) is 6.26. The number of hydrogen-bond acceptors (Lipinski definition) is 1. The van der Waals surface area contributed by atoms with Gasteiger partial charge in [0.05, 0.1) is 0 Å². The van der Waals surface area contributed by atoms with Crippen LogP contribution < -0.4 is 5.73 Å². The Balaban J connectivity index is 2.25. The largest absolute Gasteiger partial charge is 0.324 e. The van der Waals surface area contributed by atoms with Gasteiger partial charge in [-0.15, -0.1) is 0 Å². The molecule has 2 N–H and O–H groups in total. The Bertz CT molecular complexity index is 570. The average molecular weight is 274 g/mol. The summed E-state index contributed by atoms with van der Waals surface area (Å²) < 4.78 is 0. The van der Waals surface area contributed by atoms with E-state index in [1.807, 2.05) is 19.1 Å². The molecule has 2 rings (SSSR count). The zero-order valence-electron chi connectivity index (χ0n) is 11.7. The Kier molecular flexibility index (Phi) is 4.28. The second-order valence-corrected chi connectivity index (χ2v) is 5.67. The first kappa shape index (κ1) is 14.1. The molecular formula is C17H20ClN. The van der Waals surface area contributed by atoms with Gasteiger partial charge in [0.15, 0.2) is 0 Å². The first-order chi connectivity index (χ1) is 8.97. The molecule has 0 aliphatic rings. The first-order valence-electron chi connectivity index (χ1n) is 6.55. The maximum absolute atomic E-state index is 6.34. The molecule has 0 amide bonds. The fourth-order valence-corrected chi connectivity index (χ4v) is 2.76. The maximum atomic E-state index is 6.34. The number of rotatable bonds is 3. The van der Waals surface area contributed by atoms with E-state index in [-0.39, 0.29) is 6.04 Å². The second kappa shape index (κ2) is 5.77. The quantitative estimate of drug-likeness (QED) is 0.875. The number of nitrogens with two attached hydrogens (primary N) is 1. The molecule has 0 aliphatic carbocycles. The molecule has 2 aromatic carbocycles. The van der Waals surface area contributed by atoms with Crippen LogP contribution in [0.5, 0.6) is 0 Å². The fourth-order valence-electron chi connectivity index (χ4n) is 2.58. The van der Waals surface area contributed by atoms with E-state index in [9.17, 15) is 0 Å². The van der Waals surface area contributed by atoms with Crippen LogP contribution in [0.15, 0.2) is 36.4 Å². The topological polar surface area (TPSA) is 26.0 Å². The highest BCUT2D eigenvalue weighted by molar-refractivity contribution is 6.31. The highest BCUT2D eigenvalue weighted by Gasteiger charge is 2.11. The van der Waals surface area contributed by atoms with Crippen LogP contribution in [0.4, 0.5) is 0 Å². The van der Waals surface area contributed by atoms with Gasteiger partial charge in [-0.3, -0.25) is 0 Å². The minimum atomic E-state index is -0.0140. The molecule has 0 heterocycles. The highest BCUT2D eigenvalue weighted by Crippen LogP contribution is 2.25. The van der Waals surface area contributed by atoms with Crippen molar-refractivity contribution < 1.29 is 0 Å². The monoisotopic (exact) mass is 273 g/mol. The Morgan fingerprint density at radius 1 is 1.05 bits per heavy atom. The lowest BCUT2D eigenvalue weighted by Crippen LogP contribution is -2.15. The Labute approximate surface area is 120 Å². The number of hydrogen-bond donors (Lipinski definition) is 1. The van der Waals surface area contributed by atoms with Crippen LogP contribution >= 0.6 is 11.6 Å². The molecule has 0 aromatic heterocycles. The van der Waals surface area contributed by atoms with Gasteiger partial charge >= 0.3 is 0 Å². The number of halogens is 1. The van der Waals surface area contributed by atoms with Crippen LogP contribution in [0.1, 0.15) is 33.9 Å². The van der Waals surface area contributed by atoms with E-state index in [0.717, 1.165) is 22.6 Å². The summed E-state index contributed by atoms with van der Waals surface area (Å²) in [6.07, 6.45) is 0.837. The van der Waals surface area contributed by atoms with Crippen molar-refractivity contribution in [1.82, 2.24) is 0 Å². The third-order valence-corrected chi connectivity index (χ3v) is 3.86. The summed E-state index contributed by atoms with van der Waals surface area (Å²) in [6, 6.07) is 12.5. The van der Waals surface area contributed by atoms with Gasteiger partial charge in [0.1, 0.15) is 0 Å². The van der Waals surface area contributed by atoms with Crippen molar-refractivity contribution >= 4 is 11.6 Å². The zero-order valence-corrected chi connectivity index (χ0v) is 12.5. The molecule has 0 spiro atoms. The lowest BCUT2D eigenvalue weighted by atomic mass is 9.94. The Hall–Kier alpha value is -1.31. The van der Waals surface area contributed by atoms with E-state index in [4.69, 9.17) is 17.3 Å². The maximum Gasteiger partial charge on any atom is 0.0438 e. The summed E-state index contributed by atoms with van der Waals surface area (Å²) >= 11 is 6.16. The molecule has 0 fully saturated rings. The molecule has 1 nitrogen and oxygen atoms in total. The molecule has 0 bridgehead atoms. The summed E-state index contributed by atoms with van der Waals surface area (Å²) in [5, 5.41) is 0.786. The van der Waals surface area contributed by atoms with E-state index >= 15 is 0 Å². The lowest BCUT2D eigenvalue weighted by Gasteiger charge is -2.16. The zero-order chi connectivity index (χ0) is 14.0. The minimum absolute atomic E-state index is 0.0140. The van der Waals surface area contributed by atoms with E-state index in [2.05, 4.69) is 38.1 Å². The van der Waals surface area contributed by atoms with E-state index in [1.165, 1.54) is 16.7 Å². The van der Waals surface area contributed by atoms with Gasteiger partial charge < -0.3 is 5.73 Å². The molecule has 0 aliphatic heterocycles. The van der Waals surface area contributed by atoms with Crippen LogP contribution in [-0.2, 0) is 6.42 Å². The van der Waals surface area contributed by atoms with Crippen LogP contribution in [0.3, 0.4) is 0 Å². The molecule has 0 saturated carbocycles. The van der Waals surface area contributed by atoms with E-state index < -0.39 is 0 Å². The predicted molar refractivity (Wildman–Crippen MR) is 82.7 cm³/mol.